The number of methoxy groups -OCH3 is 1. The molecule has 0 aliphatic heterocycles. The molecule has 2 N–H and O–H groups in total. The number of hydrogen-bond acceptors (Lipinski definition) is 5. The molecule has 0 unspecified atom stereocenters. The van der Waals surface area contributed by atoms with Crippen molar-refractivity contribution in [2.45, 2.75) is 0 Å². The molecule has 25 heavy (non-hydrogen) atoms. The summed E-state index contributed by atoms with van der Waals surface area (Å²) in [6.07, 6.45) is 0. The number of nitrogens with one attached hydrogen (secondary N) is 2. The highest BCUT2D eigenvalue weighted by Gasteiger charge is 2.14. The number of anilines is 2. The van der Waals surface area contributed by atoms with Gasteiger partial charge in [-0.3, -0.25) is 14.9 Å². The zero-order valence-electron chi connectivity index (χ0n) is 13.4. The van der Waals surface area contributed by atoms with Crippen LogP contribution >= 0.6 is 11.3 Å². The third kappa shape index (κ3) is 4.02. The lowest BCUT2D eigenvalue weighted by Crippen LogP contribution is -2.14. The van der Waals surface area contributed by atoms with Crippen LogP contribution in [0.1, 0.15) is 20.8 Å². The first-order valence-electron chi connectivity index (χ1n) is 7.43. The number of nitrogens with zero attached hydrogens (tertiary/aromatic N) is 1. The Bertz CT molecular complexity index is 893. The topological polar surface area (TPSA) is 80.3 Å². The van der Waals surface area contributed by atoms with Crippen LogP contribution in [0.4, 0.5) is 10.8 Å². The van der Waals surface area contributed by atoms with Gasteiger partial charge in [-0.25, -0.2) is 4.98 Å². The Balaban J connectivity index is 1.68. The predicted octanol–water partition coefficient (Wildman–Crippen LogP) is 3.66. The third-order valence-electron chi connectivity index (χ3n) is 3.35. The molecule has 3 aromatic rings. The summed E-state index contributed by atoms with van der Waals surface area (Å²) in [7, 11) is 1.53. The molecule has 1 aromatic heterocycles. The average molecular weight is 353 g/mol. The number of aromatic nitrogens is 1. The van der Waals surface area contributed by atoms with Crippen LogP contribution in [0, 0.1) is 0 Å². The van der Waals surface area contributed by atoms with Gasteiger partial charge in [0.15, 0.2) is 5.13 Å². The molecular weight excluding hydrogens is 338 g/mol. The number of amides is 2. The van der Waals surface area contributed by atoms with Crippen LogP contribution in [0.5, 0.6) is 5.75 Å². The predicted molar refractivity (Wildman–Crippen MR) is 97.5 cm³/mol. The van der Waals surface area contributed by atoms with E-state index in [0.717, 1.165) is 0 Å². The number of benzene rings is 2. The van der Waals surface area contributed by atoms with Gasteiger partial charge in [-0.2, -0.15) is 0 Å². The Morgan fingerprint density at radius 3 is 2.44 bits per heavy atom. The Morgan fingerprint density at radius 2 is 1.68 bits per heavy atom. The molecule has 0 atom stereocenters. The van der Waals surface area contributed by atoms with E-state index in [9.17, 15) is 9.59 Å². The first-order chi connectivity index (χ1) is 12.2. The van der Waals surface area contributed by atoms with E-state index in [1.807, 2.05) is 12.1 Å². The summed E-state index contributed by atoms with van der Waals surface area (Å²) in [5.41, 5.74) is 1.30. The Kier molecular flexibility index (Phi) is 5.06. The van der Waals surface area contributed by atoms with E-state index in [-0.39, 0.29) is 17.5 Å². The monoisotopic (exact) mass is 353 g/mol. The minimum Gasteiger partial charge on any atom is -0.495 e. The molecule has 2 amide bonds. The number of rotatable bonds is 5. The standard InChI is InChI=1S/C18H15N3O3S/c1-24-15-10-6-5-9-13(15)19-17(23)14-11-25-18(20-14)21-16(22)12-7-3-2-4-8-12/h2-11H,1H3,(H,19,23)(H,20,21,22). The van der Waals surface area contributed by atoms with Crippen molar-refractivity contribution in [2.75, 3.05) is 17.7 Å². The molecule has 0 bridgehead atoms. The Hall–Kier alpha value is -3.19. The number of hydrogen-bond donors (Lipinski definition) is 2. The second kappa shape index (κ2) is 7.59. The molecule has 3 rings (SSSR count). The molecule has 126 valence electrons. The van der Waals surface area contributed by atoms with Gasteiger partial charge in [-0.05, 0) is 24.3 Å². The zero-order valence-corrected chi connectivity index (χ0v) is 14.2. The lowest BCUT2D eigenvalue weighted by Gasteiger charge is -2.08. The van der Waals surface area contributed by atoms with E-state index in [2.05, 4.69) is 15.6 Å². The lowest BCUT2D eigenvalue weighted by molar-refractivity contribution is 0.101. The fourth-order valence-electron chi connectivity index (χ4n) is 2.13. The van der Waals surface area contributed by atoms with E-state index >= 15 is 0 Å². The summed E-state index contributed by atoms with van der Waals surface area (Å²) in [5.74, 6) is -0.0868. The van der Waals surface area contributed by atoms with Crippen molar-refractivity contribution in [2.24, 2.45) is 0 Å². The molecule has 0 aliphatic rings. The van der Waals surface area contributed by atoms with Crippen molar-refractivity contribution < 1.29 is 14.3 Å². The number of carbonyl (C=O) groups excluding carboxylic acids is 2. The summed E-state index contributed by atoms with van der Waals surface area (Å²) in [5, 5.41) is 7.38. The van der Waals surface area contributed by atoms with Crippen LogP contribution in [0.15, 0.2) is 60.0 Å². The van der Waals surface area contributed by atoms with Gasteiger partial charge in [0.25, 0.3) is 11.8 Å². The largest absolute Gasteiger partial charge is 0.495 e. The van der Waals surface area contributed by atoms with Crippen LogP contribution in [0.3, 0.4) is 0 Å². The van der Waals surface area contributed by atoms with Crippen molar-refractivity contribution >= 4 is 34.0 Å². The summed E-state index contributed by atoms with van der Waals surface area (Å²) >= 11 is 1.19. The molecule has 0 spiro atoms. The smallest absolute Gasteiger partial charge is 0.275 e. The summed E-state index contributed by atoms with van der Waals surface area (Å²) in [6.45, 7) is 0. The van der Waals surface area contributed by atoms with Crippen LogP contribution in [0.25, 0.3) is 0 Å². The first-order valence-corrected chi connectivity index (χ1v) is 8.31. The quantitative estimate of drug-likeness (QED) is 0.734. The van der Waals surface area contributed by atoms with Crippen molar-refractivity contribution in [3.8, 4) is 5.75 Å². The van der Waals surface area contributed by atoms with Crippen LogP contribution in [0.2, 0.25) is 0 Å². The van der Waals surface area contributed by atoms with Gasteiger partial charge >= 0.3 is 0 Å². The molecule has 0 radical (unpaired) electrons. The number of ether oxygens (including phenoxy) is 1. The maximum absolute atomic E-state index is 12.3. The second-order valence-electron chi connectivity index (χ2n) is 5.01. The highest BCUT2D eigenvalue weighted by molar-refractivity contribution is 7.14. The molecule has 0 saturated carbocycles. The maximum Gasteiger partial charge on any atom is 0.275 e. The fraction of sp³-hybridized carbons (Fsp3) is 0.0556. The summed E-state index contributed by atoms with van der Waals surface area (Å²) < 4.78 is 5.20. The molecular formula is C18H15N3O3S. The maximum atomic E-state index is 12.3. The van der Waals surface area contributed by atoms with Crippen LogP contribution in [-0.4, -0.2) is 23.9 Å². The van der Waals surface area contributed by atoms with Gasteiger partial charge in [0.2, 0.25) is 0 Å². The van der Waals surface area contributed by atoms with E-state index < -0.39 is 0 Å². The van der Waals surface area contributed by atoms with Crippen molar-refractivity contribution in [1.82, 2.24) is 4.98 Å². The fourth-order valence-corrected chi connectivity index (χ4v) is 2.81. The van der Waals surface area contributed by atoms with Crippen molar-refractivity contribution in [1.29, 1.82) is 0 Å². The highest BCUT2D eigenvalue weighted by atomic mass is 32.1. The van der Waals surface area contributed by atoms with Gasteiger partial charge < -0.3 is 10.1 Å². The van der Waals surface area contributed by atoms with Gasteiger partial charge in [-0.1, -0.05) is 30.3 Å². The number of para-hydroxylation sites is 2. The average Bonchev–Trinajstić information content (AvgIpc) is 3.11. The van der Waals surface area contributed by atoms with Crippen molar-refractivity contribution in [3.05, 3.63) is 71.2 Å². The van der Waals surface area contributed by atoms with Crippen LogP contribution < -0.4 is 15.4 Å². The van der Waals surface area contributed by atoms with E-state index in [4.69, 9.17) is 4.74 Å². The van der Waals surface area contributed by atoms with Gasteiger partial charge in [0.1, 0.15) is 11.4 Å². The minimum atomic E-state index is -0.374. The summed E-state index contributed by atoms with van der Waals surface area (Å²) in [6, 6.07) is 15.9. The normalized spacial score (nSPS) is 10.1. The molecule has 2 aromatic carbocycles. The Morgan fingerprint density at radius 1 is 0.960 bits per heavy atom. The molecule has 6 nitrogen and oxygen atoms in total. The van der Waals surface area contributed by atoms with E-state index in [1.165, 1.54) is 18.4 Å². The summed E-state index contributed by atoms with van der Waals surface area (Å²) in [4.78, 5) is 28.6. The minimum absolute atomic E-state index is 0.222. The second-order valence-corrected chi connectivity index (χ2v) is 5.87. The Labute approximate surface area is 148 Å². The lowest BCUT2D eigenvalue weighted by atomic mass is 10.2. The van der Waals surface area contributed by atoms with Gasteiger partial charge in [0.05, 0.1) is 12.8 Å². The molecule has 0 saturated heterocycles. The van der Waals surface area contributed by atoms with Crippen molar-refractivity contribution in [3.63, 3.8) is 0 Å². The van der Waals surface area contributed by atoms with E-state index in [0.29, 0.717) is 22.1 Å². The number of thiazole rings is 1. The van der Waals surface area contributed by atoms with E-state index in [1.54, 1.807) is 47.8 Å². The van der Waals surface area contributed by atoms with Crippen LogP contribution in [-0.2, 0) is 0 Å². The molecule has 7 heteroatoms. The number of carbonyl (C=O) groups is 2. The first kappa shape index (κ1) is 16.7. The molecule has 1 heterocycles. The van der Waals surface area contributed by atoms with Gasteiger partial charge in [0, 0.05) is 10.9 Å². The molecule has 0 fully saturated rings. The third-order valence-corrected chi connectivity index (χ3v) is 4.11. The zero-order chi connectivity index (χ0) is 17.6. The highest BCUT2D eigenvalue weighted by Crippen LogP contribution is 2.24. The van der Waals surface area contributed by atoms with Gasteiger partial charge in [-0.15, -0.1) is 11.3 Å². The molecule has 0 aliphatic carbocycles. The SMILES string of the molecule is COc1ccccc1NC(=O)c1csc(NC(=O)c2ccccc2)n1.